The molecule has 4 rings (SSSR count). The monoisotopic (exact) mass is 458 g/mol. The highest BCUT2D eigenvalue weighted by molar-refractivity contribution is 7.89. The molecule has 0 aliphatic carbocycles. The number of rotatable bonds is 5. The molecule has 0 radical (unpaired) electrons. The van der Waals surface area contributed by atoms with Crippen LogP contribution in [0.2, 0.25) is 0 Å². The molecule has 0 bridgehead atoms. The summed E-state index contributed by atoms with van der Waals surface area (Å²) in [7, 11) is -4.04. The maximum atomic E-state index is 12.9. The average Bonchev–Trinajstić information content (AvgIpc) is 3.29. The van der Waals surface area contributed by atoms with Crippen molar-refractivity contribution in [3.63, 3.8) is 0 Å². The highest BCUT2D eigenvalue weighted by atomic mass is 32.2. The molecule has 0 saturated carbocycles. The fraction of sp³-hybridized carbons (Fsp3) is 0.200. The lowest BCUT2D eigenvalue weighted by Crippen LogP contribution is -2.50. The number of para-hydroxylation sites is 1. The number of piperazine rings is 1. The number of sulfonamides is 1. The van der Waals surface area contributed by atoms with E-state index in [1.165, 1.54) is 46.1 Å². The number of hydrogen-bond acceptors (Lipinski definition) is 7. The van der Waals surface area contributed by atoms with Crippen LogP contribution in [0.1, 0.15) is 9.67 Å². The van der Waals surface area contributed by atoms with Crippen LogP contribution in [0.4, 0.5) is 5.69 Å². The van der Waals surface area contributed by atoms with Gasteiger partial charge in [-0.25, -0.2) is 13.4 Å². The molecular formula is C20H18N4O5S2. The SMILES string of the molecule is O=C(c1cnc(-c2ccccc2)s1)N1CCN(S(=O)(=O)c2ccccc2[N+](=O)[O-])CC1. The zero-order valence-corrected chi connectivity index (χ0v) is 17.9. The van der Waals surface area contributed by atoms with Gasteiger partial charge in [-0.05, 0) is 6.07 Å². The Hall–Kier alpha value is -3.15. The summed E-state index contributed by atoms with van der Waals surface area (Å²) in [6.07, 6.45) is 1.53. The van der Waals surface area contributed by atoms with Crippen molar-refractivity contribution >= 4 is 33.0 Å². The van der Waals surface area contributed by atoms with E-state index in [0.29, 0.717) is 4.88 Å². The quantitative estimate of drug-likeness (QED) is 0.429. The average molecular weight is 459 g/mol. The molecule has 9 nitrogen and oxygen atoms in total. The topological polar surface area (TPSA) is 114 Å². The second kappa shape index (κ2) is 8.53. The molecule has 11 heteroatoms. The summed E-state index contributed by atoms with van der Waals surface area (Å²) in [5.41, 5.74) is 0.464. The minimum absolute atomic E-state index is 0.0600. The van der Waals surface area contributed by atoms with E-state index in [1.807, 2.05) is 30.3 Å². The van der Waals surface area contributed by atoms with Crippen molar-refractivity contribution in [1.82, 2.24) is 14.2 Å². The molecule has 1 aliphatic rings. The van der Waals surface area contributed by atoms with Crippen LogP contribution >= 0.6 is 11.3 Å². The Balaban J connectivity index is 1.46. The number of carbonyl (C=O) groups is 1. The molecule has 160 valence electrons. The summed E-state index contributed by atoms with van der Waals surface area (Å²) >= 11 is 1.29. The highest BCUT2D eigenvalue weighted by Crippen LogP contribution is 2.28. The van der Waals surface area contributed by atoms with Gasteiger partial charge in [-0.2, -0.15) is 4.31 Å². The minimum atomic E-state index is -4.04. The largest absolute Gasteiger partial charge is 0.335 e. The van der Waals surface area contributed by atoms with Gasteiger partial charge in [0.2, 0.25) is 10.0 Å². The number of benzene rings is 2. The molecule has 31 heavy (non-hydrogen) atoms. The summed E-state index contributed by atoms with van der Waals surface area (Å²) in [5, 5.41) is 12.0. The van der Waals surface area contributed by atoms with Gasteiger partial charge in [0, 0.05) is 37.8 Å². The van der Waals surface area contributed by atoms with Gasteiger partial charge in [-0.3, -0.25) is 14.9 Å². The van der Waals surface area contributed by atoms with Gasteiger partial charge in [0.1, 0.15) is 9.88 Å². The molecule has 1 amide bonds. The van der Waals surface area contributed by atoms with E-state index in [1.54, 1.807) is 4.90 Å². The maximum Gasteiger partial charge on any atom is 0.289 e. The summed E-state index contributed by atoms with van der Waals surface area (Å²) in [4.78, 5) is 29.4. The molecule has 0 unspecified atom stereocenters. The molecule has 2 aromatic carbocycles. The molecule has 1 aliphatic heterocycles. The van der Waals surface area contributed by atoms with Crippen LogP contribution in [0.15, 0.2) is 65.7 Å². The van der Waals surface area contributed by atoms with E-state index >= 15 is 0 Å². The van der Waals surface area contributed by atoms with Crippen LogP contribution < -0.4 is 0 Å². The molecule has 0 spiro atoms. The van der Waals surface area contributed by atoms with Gasteiger partial charge in [-0.1, -0.05) is 42.5 Å². The molecule has 2 heterocycles. The number of hydrogen-bond donors (Lipinski definition) is 0. The zero-order chi connectivity index (χ0) is 22.0. The Morgan fingerprint density at radius 1 is 1.00 bits per heavy atom. The van der Waals surface area contributed by atoms with Crippen LogP contribution in [0, 0.1) is 10.1 Å². The van der Waals surface area contributed by atoms with E-state index in [-0.39, 0.29) is 37.0 Å². The predicted octanol–water partition coefficient (Wildman–Crippen LogP) is 2.87. The normalized spacial score (nSPS) is 15.0. The van der Waals surface area contributed by atoms with Crippen molar-refractivity contribution in [2.75, 3.05) is 26.2 Å². The van der Waals surface area contributed by atoms with Gasteiger partial charge in [0.25, 0.3) is 11.6 Å². The van der Waals surface area contributed by atoms with Crippen molar-refractivity contribution < 1.29 is 18.1 Å². The number of aromatic nitrogens is 1. The first-order valence-corrected chi connectivity index (χ1v) is 11.7. The Morgan fingerprint density at radius 2 is 1.65 bits per heavy atom. The van der Waals surface area contributed by atoms with Crippen LogP contribution in [-0.2, 0) is 10.0 Å². The van der Waals surface area contributed by atoms with Crippen LogP contribution in [0.5, 0.6) is 0 Å². The first kappa shape index (κ1) is 21.1. The summed E-state index contributed by atoms with van der Waals surface area (Å²) in [6.45, 7) is 0.503. The molecular weight excluding hydrogens is 440 g/mol. The second-order valence-electron chi connectivity index (χ2n) is 6.82. The summed E-state index contributed by atoms with van der Waals surface area (Å²) < 4.78 is 27.0. The molecule has 1 fully saturated rings. The van der Waals surface area contributed by atoms with E-state index in [0.717, 1.165) is 10.6 Å². The lowest BCUT2D eigenvalue weighted by Gasteiger charge is -2.33. The number of amides is 1. The van der Waals surface area contributed by atoms with Gasteiger partial charge in [0.05, 0.1) is 11.1 Å². The van der Waals surface area contributed by atoms with E-state index in [9.17, 15) is 23.3 Å². The maximum absolute atomic E-state index is 12.9. The fourth-order valence-corrected chi connectivity index (χ4v) is 5.81. The number of carbonyl (C=O) groups excluding carboxylic acids is 1. The fourth-order valence-electron chi connectivity index (χ4n) is 3.34. The lowest BCUT2D eigenvalue weighted by atomic mass is 10.2. The molecule has 1 saturated heterocycles. The van der Waals surface area contributed by atoms with Crippen LogP contribution in [0.25, 0.3) is 10.6 Å². The first-order valence-electron chi connectivity index (χ1n) is 9.42. The zero-order valence-electron chi connectivity index (χ0n) is 16.2. The van der Waals surface area contributed by atoms with E-state index in [4.69, 9.17) is 0 Å². The van der Waals surface area contributed by atoms with E-state index in [2.05, 4.69) is 4.98 Å². The minimum Gasteiger partial charge on any atom is -0.335 e. The second-order valence-corrected chi connectivity index (χ2v) is 9.75. The number of nitro groups is 1. The van der Waals surface area contributed by atoms with Crippen molar-refractivity contribution in [3.05, 3.63) is 75.8 Å². The Bertz CT molecular complexity index is 1220. The Morgan fingerprint density at radius 3 is 2.32 bits per heavy atom. The summed E-state index contributed by atoms with van der Waals surface area (Å²) in [6, 6.07) is 14.8. The van der Waals surface area contributed by atoms with Gasteiger partial charge in [0.15, 0.2) is 4.90 Å². The van der Waals surface area contributed by atoms with Gasteiger partial charge >= 0.3 is 0 Å². The molecule has 3 aromatic rings. The summed E-state index contributed by atoms with van der Waals surface area (Å²) in [5.74, 6) is -0.206. The third-order valence-electron chi connectivity index (χ3n) is 4.94. The Labute approximate surface area is 182 Å². The van der Waals surface area contributed by atoms with Gasteiger partial charge in [-0.15, -0.1) is 11.3 Å². The van der Waals surface area contributed by atoms with Crippen molar-refractivity contribution in [2.45, 2.75) is 4.90 Å². The number of nitrogens with zero attached hydrogens (tertiary/aromatic N) is 4. The smallest absolute Gasteiger partial charge is 0.289 e. The molecule has 1 aromatic heterocycles. The number of thiazole rings is 1. The number of nitro benzene ring substituents is 1. The van der Waals surface area contributed by atoms with Gasteiger partial charge < -0.3 is 4.90 Å². The third kappa shape index (κ3) is 4.20. The van der Waals surface area contributed by atoms with Crippen molar-refractivity contribution in [2.24, 2.45) is 0 Å². The molecule has 0 N–H and O–H groups in total. The van der Waals surface area contributed by atoms with Crippen molar-refractivity contribution in [3.8, 4) is 10.6 Å². The van der Waals surface area contributed by atoms with Crippen LogP contribution in [-0.4, -0.2) is 59.6 Å². The lowest BCUT2D eigenvalue weighted by molar-refractivity contribution is -0.387. The highest BCUT2D eigenvalue weighted by Gasteiger charge is 2.34. The first-order chi connectivity index (χ1) is 14.9. The Kier molecular flexibility index (Phi) is 5.81. The molecule has 0 atom stereocenters. The van der Waals surface area contributed by atoms with Crippen LogP contribution in [0.3, 0.4) is 0 Å². The van der Waals surface area contributed by atoms with E-state index < -0.39 is 20.6 Å². The van der Waals surface area contributed by atoms with Crippen molar-refractivity contribution in [1.29, 1.82) is 0 Å². The standard InChI is InChI=1S/C20H18N4O5S2/c25-20(17-14-21-19(30-17)15-6-2-1-3-7-15)22-10-12-23(13-11-22)31(28,29)18-9-5-4-8-16(18)24(26)27/h1-9,14H,10-13H2. The third-order valence-corrected chi connectivity index (χ3v) is 7.92. The predicted molar refractivity (Wildman–Crippen MR) is 115 cm³/mol.